The first-order chi connectivity index (χ1) is 13.5. The van der Waals surface area contributed by atoms with Gasteiger partial charge in [-0.2, -0.15) is 0 Å². The first kappa shape index (κ1) is 17.7. The van der Waals surface area contributed by atoms with E-state index in [0.717, 1.165) is 33.5 Å². The van der Waals surface area contributed by atoms with Gasteiger partial charge in [0, 0.05) is 29.1 Å². The molecule has 0 aliphatic heterocycles. The smallest absolute Gasteiger partial charge is 0.354 e. The summed E-state index contributed by atoms with van der Waals surface area (Å²) in [6, 6.07) is 16.9. The summed E-state index contributed by atoms with van der Waals surface area (Å²) in [5.74, 6) is -0.653. The highest BCUT2D eigenvalue weighted by Gasteiger charge is 2.16. The average Bonchev–Trinajstić information content (AvgIpc) is 3.06. The molecule has 0 saturated heterocycles. The van der Waals surface area contributed by atoms with Crippen LogP contribution in [0.4, 0.5) is 4.39 Å². The maximum atomic E-state index is 13.4. The summed E-state index contributed by atoms with van der Waals surface area (Å²) in [7, 11) is 1.60. The van der Waals surface area contributed by atoms with Crippen LogP contribution in [0.1, 0.15) is 21.7 Å². The summed E-state index contributed by atoms with van der Waals surface area (Å²) in [5.41, 5.74) is 4.15. The lowest BCUT2D eigenvalue weighted by molar-refractivity contribution is 0.0690. The summed E-state index contributed by atoms with van der Waals surface area (Å²) in [6.45, 7) is 0. The Morgan fingerprint density at radius 1 is 1.14 bits per heavy atom. The average molecular weight is 376 g/mol. The van der Waals surface area contributed by atoms with Gasteiger partial charge in [0.2, 0.25) is 0 Å². The maximum absolute atomic E-state index is 13.4. The van der Waals surface area contributed by atoms with E-state index in [1.54, 1.807) is 31.4 Å². The van der Waals surface area contributed by atoms with Gasteiger partial charge >= 0.3 is 5.97 Å². The van der Waals surface area contributed by atoms with E-state index in [2.05, 4.69) is 9.97 Å². The molecule has 0 aliphatic rings. The number of nitrogens with one attached hydrogen (secondary N) is 1. The van der Waals surface area contributed by atoms with Crippen molar-refractivity contribution in [3.05, 3.63) is 83.4 Å². The fourth-order valence-corrected chi connectivity index (χ4v) is 3.29. The van der Waals surface area contributed by atoms with Crippen molar-refractivity contribution < 1.29 is 19.0 Å². The monoisotopic (exact) mass is 376 g/mol. The fourth-order valence-electron chi connectivity index (χ4n) is 3.29. The van der Waals surface area contributed by atoms with Crippen LogP contribution in [0.25, 0.3) is 22.2 Å². The molecule has 140 valence electrons. The number of hydrogen-bond donors (Lipinski definition) is 2. The Morgan fingerprint density at radius 3 is 2.64 bits per heavy atom. The van der Waals surface area contributed by atoms with E-state index >= 15 is 0 Å². The topological polar surface area (TPSA) is 75.2 Å². The van der Waals surface area contributed by atoms with Crippen LogP contribution >= 0.6 is 0 Å². The predicted molar refractivity (Wildman–Crippen MR) is 104 cm³/mol. The van der Waals surface area contributed by atoms with Gasteiger partial charge in [-0.25, -0.2) is 14.2 Å². The quantitative estimate of drug-likeness (QED) is 0.531. The largest absolute Gasteiger partial charge is 0.497 e. The Kier molecular flexibility index (Phi) is 4.53. The number of H-pyrrole nitrogens is 1. The number of aromatic nitrogens is 2. The number of methoxy groups -OCH3 is 1. The van der Waals surface area contributed by atoms with Crippen molar-refractivity contribution in [2.24, 2.45) is 0 Å². The van der Waals surface area contributed by atoms with Gasteiger partial charge in [-0.1, -0.05) is 6.07 Å². The summed E-state index contributed by atoms with van der Waals surface area (Å²) < 4.78 is 18.7. The zero-order chi connectivity index (χ0) is 19.7. The van der Waals surface area contributed by atoms with E-state index < -0.39 is 5.97 Å². The van der Waals surface area contributed by atoms with Crippen molar-refractivity contribution in [2.45, 2.75) is 6.42 Å². The number of fused-ring (bicyclic) bond motifs is 1. The Labute approximate surface area is 160 Å². The molecule has 0 amide bonds. The number of aromatic amines is 1. The van der Waals surface area contributed by atoms with Crippen molar-refractivity contribution >= 4 is 16.9 Å². The van der Waals surface area contributed by atoms with E-state index in [1.165, 1.54) is 18.2 Å². The van der Waals surface area contributed by atoms with Gasteiger partial charge in [-0.15, -0.1) is 0 Å². The third-order valence-electron chi connectivity index (χ3n) is 4.63. The van der Waals surface area contributed by atoms with Crippen LogP contribution < -0.4 is 4.74 Å². The number of rotatable bonds is 5. The first-order valence-electron chi connectivity index (χ1n) is 8.69. The zero-order valence-electron chi connectivity index (χ0n) is 15.1. The summed E-state index contributed by atoms with van der Waals surface area (Å²) in [6.07, 6.45) is 0.431. The second-order valence-corrected chi connectivity index (χ2v) is 6.39. The van der Waals surface area contributed by atoms with E-state index in [-0.39, 0.29) is 11.5 Å². The summed E-state index contributed by atoms with van der Waals surface area (Å²) >= 11 is 0. The minimum atomic E-state index is -1.07. The molecular weight excluding hydrogens is 359 g/mol. The van der Waals surface area contributed by atoms with Crippen LogP contribution in [0.15, 0.2) is 60.7 Å². The summed E-state index contributed by atoms with van der Waals surface area (Å²) in [4.78, 5) is 18.9. The molecule has 0 saturated carbocycles. The van der Waals surface area contributed by atoms with Gasteiger partial charge in [0.25, 0.3) is 0 Å². The molecule has 0 fully saturated rings. The Balaban J connectivity index is 1.87. The standard InChI is InChI=1S/C22H17FN2O3/c1-28-16-9-10-17-18(11-15-3-2-4-19(24-15)22(26)27)21(25-20(17)12-16)13-5-7-14(23)8-6-13/h2-10,12,25H,11H2,1H3,(H,26,27). The lowest BCUT2D eigenvalue weighted by Crippen LogP contribution is -2.03. The van der Waals surface area contributed by atoms with E-state index in [4.69, 9.17) is 4.74 Å². The van der Waals surface area contributed by atoms with Crippen molar-refractivity contribution in [1.82, 2.24) is 9.97 Å². The first-order valence-corrected chi connectivity index (χ1v) is 8.69. The van der Waals surface area contributed by atoms with E-state index in [1.807, 2.05) is 18.2 Å². The van der Waals surface area contributed by atoms with Crippen LogP contribution in [0.5, 0.6) is 5.75 Å². The highest BCUT2D eigenvalue weighted by atomic mass is 19.1. The molecule has 6 heteroatoms. The highest BCUT2D eigenvalue weighted by molar-refractivity contribution is 5.92. The molecular formula is C22H17FN2O3. The van der Waals surface area contributed by atoms with Crippen LogP contribution in [0.3, 0.4) is 0 Å². The van der Waals surface area contributed by atoms with Crippen LogP contribution in [0.2, 0.25) is 0 Å². The number of halogens is 1. The van der Waals surface area contributed by atoms with Gasteiger partial charge in [0.1, 0.15) is 17.3 Å². The van der Waals surface area contributed by atoms with Gasteiger partial charge in [-0.3, -0.25) is 0 Å². The number of aromatic carboxylic acids is 1. The maximum Gasteiger partial charge on any atom is 0.354 e. The number of nitrogens with zero attached hydrogens (tertiary/aromatic N) is 1. The number of carbonyl (C=O) groups is 1. The number of hydrogen-bond acceptors (Lipinski definition) is 3. The Hall–Kier alpha value is -3.67. The van der Waals surface area contributed by atoms with Crippen molar-refractivity contribution in [3.8, 4) is 17.0 Å². The molecule has 0 unspecified atom stereocenters. The van der Waals surface area contributed by atoms with Gasteiger partial charge in [0.15, 0.2) is 0 Å². The Morgan fingerprint density at radius 2 is 1.93 bits per heavy atom. The molecule has 28 heavy (non-hydrogen) atoms. The molecule has 4 aromatic rings. The lowest BCUT2D eigenvalue weighted by atomic mass is 10.0. The van der Waals surface area contributed by atoms with Gasteiger partial charge in [0.05, 0.1) is 12.8 Å². The third kappa shape index (κ3) is 3.32. The van der Waals surface area contributed by atoms with E-state index in [0.29, 0.717) is 12.1 Å². The number of benzene rings is 2. The van der Waals surface area contributed by atoms with Crippen molar-refractivity contribution in [1.29, 1.82) is 0 Å². The molecule has 2 aromatic heterocycles. The molecule has 2 heterocycles. The molecule has 0 atom stereocenters. The second kappa shape index (κ2) is 7.15. The number of carboxylic acids is 1. The second-order valence-electron chi connectivity index (χ2n) is 6.39. The van der Waals surface area contributed by atoms with Crippen LogP contribution in [0, 0.1) is 5.82 Å². The molecule has 2 aromatic carbocycles. The SMILES string of the molecule is COc1ccc2c(Cc3cccc(C(=O)O)n3)c(-c3ccc(F)cc3)[nH]c2c1. The van der Waals surface area contributed by atoms with Crippen molar-refractivity contribution in [3.63, 3.8) is 0 Å². The fraction of sp³-hybridized carbons (Fsp3) is 0.0909. The lowest BCUT2D eigenvalue weighted by Gasteiger charge is -2.06. The van der Waals surface area contributed by atoms with Gasteiger partial charge in [-0.05, 0) is 59.7 Å². The van der Waals surface area contributed by atoms with Crippen LogP contribution in [-0.2, 0) is 6.42 Å². The molecule has 0 spiro atoms. The van der Waals surface area contributed by atoms with E-state index in [9.17, 15) is 14.3 Å². The Bertz CT molecular complexity index is 1170. The third-order valence-corrected chi connectivity index (χ3v) is 4.63. The van der Waals surface area contributed by atoms with Crippen LogP contribution in [-0.4, -0.2) is 28.2 Å². The molecule has 5 nitrogen and oxygen atoms in total. The number of ether oxygens (including phenoxy) is 1. The molecule has 0 radical (unpaired) electrons. The molecule has 4 rings (SSSR count). The minimum Gasteiger partial charge on any atom is -0.497 e. The zero-order valence-corrected chi connectivity index (χ0v) is 15.1. The molecule has 0 bridgehead atoms. The molecule has 0 aliphatic carbocycles. The van der Waals surface area contributed by atoms with Crippen molar-refractivity contribution in [2.75, 3.05) is 7.11 Å². The summed E-state index contributed by atoms with van der Waals surface area (Å²) in [5, 5.41) is 10.2. The normalized spacial score (nSPS) is 10.9. The number of carboxylic acid groups (broad SMARTS) is 1. The van der Waals surface area contributed by atoms with Gasteiger partial charge < -0.3 is 14.8 Å². The minimum absolute atomic E-state index is 0.00217. The number of pyridine rings is 1. The molecule has 2 N–H and O–H groups in total. The highest BCUT2D eigenvalue weighted by Crippen LogP contribution is 2.33. The predicted octanol–water partition coefficient (Wildman–Crippen LogP) is 4.67.